The largest absolute Gasteiger partial charge is 0.480 e. The van der Waals surface area contributed by atoms with Gasteiger partial charge < -0.3 is 5.11 Å². The summed E-state index contributed by atoms with van der Waals surface area (Å²) in [6.07, 6.45) is 2.06. The molecule has 1 aromatic rings. The maximum Gasteiger partial charge on any atom is 0.328 e. The number of rotatable bonds is 3. The normalized spacial score (nSPS) is 19.7. The van der Waals surface area contributed by atoms with E-state index in [1.165, 1.54) is 0 Å². The molecule has 1 aromatic carbocycles. The third-order valence-corrected chi connectivity index (χ3v) is 4.38. The van der Waals surface area contributed by atoms with Crippen LogP contribution in [0.1, 0.15) is 25.3 Å². The molecule has 1 fully saturated rings. The highest BCUT2D eigenvalue weighted by Crippen LogP contribution is 2.35. The Labute approximate surface area is 116 Å². The summed E-state index contributed by atoms with van der Waals surface area (Å²) in [4.78, 5) is 13.7. The van der Waals surface area contributed by atoms with Crippen molar-refractivity contribution in [1.29, 1.82) is 0 Å². The monoisotopic (exact) mass is 287 g/mol. The summed E-state index contributed by atoms with van der Waals surface area (Å²) in [6.45, 7) is 3.31. The van der Waals surface area contributed by atoms with Crippen LogP contribution in [-0.2, 0) is 10.3 Å². The number of nitrogens with zero attached hydrogens (tertiary/aromatic N) is 1. The second-order valence-corrected chi connectivity index (χ2v) is 5.51. The summed E-state index contributed by atoms with van der Waals surface area (Å²) < 4.78 is 0. The predicted molar refractivity (Wildman–Crippen MR) is 72.3 cm³/mol. The third-order valence-electron chi connectivity index (χ3n) is 3.64. The molecule has 1 saturated heterocycles. The Morgan fingerprint density at radius 2 is 1.89 bits per heavy atom. The highest BCUT2D eigenvalue weighted by Gasteiger charge is 2.42. The molecule has 0 spiro atoms. The van der Waals surface area contributed by atoms with E-state index in [1.54, 1.807) is 25.1 Å². The summed E-state index contributed by atoms with van der Waals surface area (Å²) in [5.74, 6) is -0.859. The molecule has 0 aliphatic carbocycles. The van der Waals surface area contributed by atoms with Gasteiger partial charge in [-0.25, -0.2) is 4.79 Å². The number of carbonyl (C=O) groups is 1. The van der Waals surface area contributed by atoms with Gasteiger partial charge in [-0.3, -0.25) is 4.90 Å². The molecule has 98 valence electrons. The number of hydrogen-bond acceptors (Lipinski definition) is 2. The van der Waals surface area contributed by atoms with Crippen LogP contribution in [0.2, 0.25) is 10.0 Å². The van der Waals surface area contributed by atoms with Gasteiger partial charge in [0.15, 0.2) is 0 Å². The van der Waals surface area contributed by atoms with Crippen molar-refractivity contribution < 1.29 is 9.90 Å². The van der Waals surface area contributed by atoms with Gasteiger partial charge in [0.1, 0.15) is 5.54 Å². The topological polar surface area (TPSA) is 40.5 Å². The first kappa shape index (κ1) is 13.7. The van der Waals surface area contributed by atoms with Gasteiger partial charge in [-0.15, -0.1) is 0 Å². The van der Waals surface area contributed by atoms with Crippen molar-refractivity contribution in [2.75, 3.05) is 13.1 Å². The average Bonchev–Trinajstić information content (AvgIpc) is 2.85. The number of hydrogen-bond donors (Lipinski definition) is 1. The zero-order valence-electron chi connectivity index (χ0n) is 10.1. The van der Waals surface area contributed by atoms with E-state index in [9.17, 15) is 9.90 Å². The Balaban J connectivity index is 2.46. The number of benzene rings is 1. The first-order valence-corrected chi connectivity index (χ1v) is 6.66. The number of likely N-dealkylation sites (tertiary alicyclic amines) is 1. The molecule has 0 radical (unpaired) electrons. The summed E-state index contributed by atoms with van der Waals surface area (Å²) in [6, 6.07) is 5.04. The van der Waals surface area contributed by atoms with Gasteiger partial charge in [-0.1, -0.05) is 29.3 Å². The van der Waals surface area contributed by atoms with E-state index in [0.29, 0.717) is 15.6 Å². The van der Waals surface area contributed by atoms with E-state index in [1.807, 2.05) is 4.90 Å². The molecule has 1 aliphatic heterocycles. The summed E-state index contributed by atoms with van der Waals surface area (Å²) >= 11 is 11.9. The Morgan fingerprint density at radius 3 is 2.39 bits per heavy atom. The molecule has 1 atom stereocenters. The summed E-state index contributed by atoms with van der Waals surface area (Å²) in [7, 11) is 0. The average molecular weight is 288 g/mol. The van der Waals surface area contributed by atoms with Gasteiger partial charge >= 0.3 is 5.97 Å². The van der Waals surface area contributed by atoms with E-state index in [-0.39, 0.29) is 0 Å². The van der Waals surface area contributed by atoms with Crippen molar-refractivity contribution in [3.63, 3.8) is 0 Å². The molecule has 1 N–H and O–H groups in total. The van der Waals surface area contributed by atoms with Crippen LogP contribution in [0, 0.1) is 0 Å². The van der Waals surface area contributed by atoms with Gasteiger partial charge in [0, 0.05) is 0 Å². The number of halogens is 2. The zero-order chi connectivity index (χ0) is 13.3. The SMILES string of the molecule is CC(C(=O)O)(c1ccc(Cl)c(Cl)c1)N1CCCC1. The highest BCUT2D eigenvalue weighted by molar-refractivity contribution is 6.42. The van der Waals surface area contributed by atoms with E-state index in [2.05, 4.69) is 0 Å². The van der Waals surface area contributed by atoms with Crippen molar-refractivity contribution in [2.45, 2.75) is 25.3 Å². The van der Waals surface area contributed by atoms with Gasteiger partial charge in [0.2, 0.25) is 0 Å². The maximum atomic E-state index is 11.7. The minimum Gasteiger partial charge on any atom is -0.480 e. The Hall–Kier alpha value is -0.770. The lowest BCUT2D eigenvalue weighted by Crippen LogP contribution is -2.48. The molecule has 1 heterocycles. The number of carboxylic acids is 1. The lowest BCUT2D eigenvalue weighted by molar-refractivity contribution is -0.150. The van der Waals surface area contributed by atoms with E-state index in [4.69, 9.17) is 23.2 Å². The van der Waals surface area contributed by atoms with Crippen molar-refractivity contribution >= 4 is 29.2 Å². The summed E-state index contributed by atoms with van der Waals surface area (Å²) in [5, 5.41) is 10.4. The second kappa shape index (κ2) is 5.08. The molecular weight excluding hydrogens is 273 g/mol. The van der Waals surface area contributed by atoms with Crippen molar-refractivity contribution in [3.8, 4) is 0 Å². The fourth-order valence-electron chi connectivity index (χ4n) is 2.40. The molecule has 0 saturated carbocycles. The zero-order valence-corrected chi connectivity index (χ0v) is 11.6. The molecule has 1 aliphatic rings. The van der Waals surface area contributed by atoms with Crippen molar-refractivity contribution in [1.82, 2.24) is 4.90 Å². The van der Waals surface area contributed by atoms with Crippen molar-refractivity contribution in [2.24, 2.45) is 0 Å². The lowest BCUT2D eigenvalue weighted by atomic mass is 9.90. The van der Waals surface area contributed by atoms with Crippen LogP contribution in [0.25, 0.3) is 0 Å². The fourth-order valence-corrected chi connectivity index (χ4v) is 2.70. The number of aliphatic carboxylic acids is 1. The maximum absolute atomic E-state index is 11.7. The van der Waals surface area contributed by atoms with Gasteiger partial charge in [-0.05, 0) is 50.6 Å². The number of carboxylic acid groups (broad SMARTS) is 1. The van der Waals surface area contributed by atoms with Gasteiger partial charge in [-0.2, -0.15) is 0 Å². The molecule has 0 amide bonds. The molecule has 2 rings (SSSR count). The third kappa shape index (κ3) is 2.22. The molecule has 0 bridgehead atoms. The van der Waals surface area contributed by atoms with Crippen LogP contribution in [0.15, 0.2) is 18.2 Å². The summed E-state index contributed by atoms with van der Waals surface area (Å²) in [5.41, 5.74) is -0.364. The van der Waals surface area contributed by atoms with Crippen LogP contribution in [0.3, 0.4) is 0 Å². The fraction of sp³-hybridized carbons (Fsp3) is 0.462. The highest BCUT2D eigenvalue weighted by atomic mass is 35.5. The Kier molecular flexibility index (Phi) is 3.85. The Morgan fingerprint density at radius 1 is 1.28 bits per heavy atom. The molecule has 5 heteroatoms. The standard InChI is InChI=1S/C13H15Cl2NO2/c1-13(12(17)18,16-6-2-3-7-16)9-4-5-10(14)11(15)8-9/h4-5,8H,2-3,6-7H2,1H3,(H,17,18). The molecule has 1 unspecified atom stereocenters. The first-order valence-electron chi connectivity index (χ1n) is 5.90. The minimum absolute atomic E-state index is 0.390. The molecule has 3 nitrogen and oxygen atoms in total. The Bertz CT molecular complexity index is 472. The van der Waals surface area contributed by atoms with E-state index < -0.39 is 11.5 Å². The molecule has 0 aromatic heterocycles. The van der Waals surface area contributed by atoms with Crippen LogP contribution in [-0.4, -0.2) is 29.1 Å². The van der Waals surface area contributed by atoms with Gasteiger partial charge in [0.25, 0.3) is 0 Å². The first-order chi connectivity index (χ1) is 8.46. The van der Waals surface area contributed by atoms with Crippen LogP contribution in [0.4, 0.5) is 0 Å². The van der Waals surface area contributed by atoms with E-state index >= 15 is 0 Å². The van der Waals surface area contributed by atoms with Crippen LogP contribution < -0.4 is 0 Å². The van der Waals surface area contributed by atoms with Crippen molar-refractivity contribution in [3.05, 3.63) is 33.8 Å². The molecule has 18 heavy (non-hydrogen) atoms. The quantitative estimate of drug-likeness (QED) is 0.926. The van der Waals surface area contributed by atoms with Gasteiger partial charge in [0.05, 0.1) is 10.0 Å². The lowest BCUT2D eigenvalue weighted by Gasteiger charge is -2.35. The predicted octanol–water partition coefficient (Wildman–Crippen LogP) is 3.39. The second-order valence-electron chi connectivity index (χ2n) is 4.70. The van der Waals surface area contributed by atoms with Crippen LogP contribution >= 0.6 is 23.2 Å². The molecular formula is C13H15Cl2NO2. The van der Waals surface area contributed by atoms with Crippen LogP contribution in [0.5, 0.6) is 0 Å². The van der Waals surface area contributed by atoms with E-state index in [0.717, 1.165) is 25.9 Å². The smallest absolute Gasteiger partial charge is 0.328 e. The minimum atomic E-state index is -1.04.